The van der Waals surface area contributed by atoms with E-state index in [0.29, 0.717) is 36.8 Å². The van der Waals surface area contributed by atoms with Crippen molar-refractivity contribution in [3.63, 3.8) is 0 Å². The first-order valence-electron chi connectivity index (χ1n) is 11.2. The van der Waals surface area contributed by atoms with Crippen LogP contribution in [0.2, 0.25) is 0 Å². The van der Waals surface area contributed by atoms with Gasteiger partial charge in [0.1, 0.15) is 16.5 Å². The molecule has 2 aromatic heterocycles. The molecule has 1 fully saturated rings. The Balaban J connectivity index is 1.27. The van der Waals surface area contributed by atoms with Crippen LogP contribution in [0.25, 0.3) is 10.6 Å². The fourth-order valence-corrected chi connectivity index (χ4v) is 4.63. The molecule has 33 heavy (non-hydrogen) atoms. The number of aromatic nitrogens is 3. The Bertz CT molecular complexity index is 1100. The number of aryl methyl sites for hydroxylation is 1. The molecule has 0 saturated carbocycles. The first kappa shape index (κ1) is 23.0. The number of rotatable bonds is 7. The second-order valence-electron chi connectivity index (χ2n) is 8.58. The summed E-state index contributed by atoms with van der Waals surface area (Å²) in [6.07, 6.45) is 5.10. The lowest BCUT2D eigenvalue weighted by Crippen LogP contribution is -2.41. The van der Waals surface area contributed by atoms with E-state index in [9.17, 15) is 9.59 Å². The average Bonchev–Trinajstić information content (AvgIpc) is 3.47. The largest absolute Gasteiger partial charge is 0.491 e. The zero-order valence-corrected chi connectivity index (χ0v) is 20.0. The summed E-state index contributed by atoms with van der Waals surface area (Å²) in [4.78, 5) is 31.6. The van der Waals surface area contributed by atoms with E-state index in [1.165, 1.54) is 11.3 Å². The molecule has 1 aliphatic rings. The molecular weight excluding hydrogens is 438 g/mol. The van der Waals surface area contributed by atoms with Gasteiger partial charge >= 0.3 is 0 Å². The van der Waals surface area contributed by atoms with Gasteiger partial charge in [0.15, 0.2) is 0 Å². The summed E-state index contributed by atoms with van der Waals surface area (Å²) >= 11 is 1.47. The first-order chi connectivity index (χ1) is 15.9. The van der Waals surface area contributed by atoms with E-state index < -0.39 is 0 Å². The van der Waals surface area contributed by atoms with Gasteiger partial charge in [0.25, 0.3) is 11.8 Å². The van der Waals surface area contributed by atoms with Gasteiger partial charge in [-0.05, 0) is 56.9 Å². The number of likely N-dealkylation sites (tertiary alicyclic amines) is 1. The summed E-state index contributed by atoms with van der Waals surface area (Å²) in [6.45, 7) is 5.93. The van der Waals surface area contributed by atoms with Crippen LogP contribution in [0.4, 0.5) is 0 Å². The third-order valence-corrected chi connectivity index (χ3v) is 6.51. The van der Waals surface area contributed by atoms with E-state index in [2.05, 4.69) is 15.4 Å². The van der Waals surface area contributed by atoms with E-state index in [0.717, 1.165) is 29.2 Å². The van der Waals surface area contributed by atoms with Crippen LogP contribution in [0.1, 0.15) is 47.5 Å². The number of carbonyl (C=O) groups is 2. The number of hydrogen-bond acceptors (Lipinski definition) is 6. The second kappa shape index (κ2) is 10.2. The van der Waals surface area contributed by atoms with Crippen LogP contribution in [0.15, 0.2) is 42.0 Å². The Morgan fingerprint density at radius 1 is 1.21 bits per heavy atom. The van der Waals surface area contributed by atoms with E-state index in [1.807, 2.05) is 48.4 Å². The maximum atomic E-state index is 13.0. The number of carbonyl (C=O) groups excluding carboxylic acids is 2. The zero-order valence-electron chi connectivity index (χ0n) is 19.2. The molecular formula is C24H29N5O3S. The van der Waals surface area contributed by atoms with Gasteiger partial charge in [-0.1, -0.05) is 0 Å². The number of hydrogen-bond donors (Lipinski definition) is 1. The number of benzene rings is 1. The number of thiazole rings is 1. The molecule has 1 N–H and O–H groups in total. The minimum Gasteiger partial charge on any atom is -0.491 e. The van der Waals surface area contributed by atoms with Crippen molar-refractivity contribution in [1.82, 2.24) is 25.0 Å². The van der Waals surface area contributed by atoms with E-state index >= 15 is 0 Å². The topological polar surface area (TPSA) is 89.3 Å². The average molecular weight is 468 g/mol. The Hall–Kier alpha value is -3.20. The van der Waals surface area contributed by atoms with Gasteiger partial charge in [0, 0.05) is 43.8 Å². The van der Waals surface area contributed by atoms with Gasteiger partial charge in [0.2, 0.25) is 0 Å². The van der Waals surface area contributed by atoms with Gasteiger partial charge in [0.05, 0.1) is 17.9 Å². The lowest BCUT2D eigenvalue weighted by atomic mass is 9.96. The Morgan fingerprint density at radius 3 is 2.58 bits per heavy atom. The molecule has 9 heteroatoms. The molecule has 1 aliphatic heterocycles. The fraction of sp³-hybridized carbons (Fsp3) is 0.417. The monoisotopic (exact) mass is 467 g/mol. The molecule has 0 bridgehead atoms. The van der Waals surface area contributed by atoms with Crippen molar-refractivity contribution in [2.24, 2.45) is 13.0 Å². The quantitative estimate of drug-likeness (QED) is 0.573. The molecule has 0 spiro atoms. The van der Waals surface area contributed by atoms with Crippen LogP contribution in [0, 0.1) is 5.92 Å². The van der Waals surface area contributed by atoms with Crippen molar-refractivity contribution in [3.8, 4) is 16.3 Å². The number of nitrogens with one attached hydrogen (secondary N) is 1. The Morgan fingerprint density at radius 2 is 1.94 bits per heavy atom. The van der Waals surface area contributed by atoms with Crippen molar-refractivity contribution in [3.05, 3.63) is 53.3 Å². The highest BCUT2D eigenvalue weighted by Gasteiger charge is 2.25. The minimum atomic E-state index is -0.111. The number of piperidine rings is 1. The molecule has 0 atom stereocenters. The molecule has 8 nitrogen and oxygen atoms in total. The zero-order chi connectivity index (χ0) is 23.4. The highest BCUT2D eigenvalue weighted by Crippen LogP contribution is 2.27. The van der Waals surface area contributed by atoms with E-state index in [4.69, 9.17) is 4.74 Å². The summed E-state index contributed by atoms with van der Waals surface area (Å²) < 4.78 is 7.30. The summed E-state index contributed by atoms with van der Waals surface area (Å²) in [5.41, 5.74) is 2.02. The molecule has 3 heterocycles. The predicted octanol–water partition coefficient (Wildman–Crippen LogP) is 3.61. The van der Waals surface area contributed by atoms with E-state index in [-0.39, 0.29) is 17.9 Å². The molecule has 0 unspecified atom stereocenters. The first-order valence-corrected chi connectivity index (χ1v) is 12.1. The van der Waals surface area contributed by atoms with Crippen molar-refractivity contribution < 1.29 is 14.3 Å². The lowest BCUT2D eigenvalue weighted by molar-refractivity contribution is 0.0679. The van der Waals surface area contributed by atoms with Crippen molar-refractivity contribution >= 4 is 23.2 Å². The van der Waals surface area contributed by atoms with Gasteiger partial charge in [-0.2, -0.15) is 5.10 Å². The maximum Gasteiger partial charge on any atom is 0.273 e. The van der Waals surface area contributed by atoms with Crippen LogP contribution in [-0.2, 0) is 7.05 Å². The molecule has 1 aromatic carbocycles. The standard InChI is InChI=1S/C24H29N5O3S/c1-16(2)32-20-6-4-18(5-7-20)23-27-21(15-33-23)24(31)29-10-8-17(9-11-29)12-25-22(30)19-13-26-28(3)14-19/h4-7,13-17H,8-12H2,1-3H3,(H,25,30). The van der Waals surface area contributed by atoms with Gasteiger partial charge in [-0.25, -0.2) is 4.98 Å². The van der Waals surface area contributed by atoms with Crippen molar-refractivity contribution in [2.45, 2.75) is 32.8 Å². The molecule has 174 valence electrons. The van der Waals surface area contributed by atoms with Crippen LogP contribution >= 0.6 is 11.3 Å². The fourth-order valence-electron chi connectivity index (χ4n) is 3.83. The summed E-state index contributed by atoms with van der Waals surface area (Å²) in [5, 5.41) is 9.66. The Kier molecular flexibility index (Phi) is 7.08. The normalized spacial score (nSPS) is 14.5. The summed E-state index contributed by atoms with van der Waals surface area (Å²) in [5.74, 6) is 1.03. The predicted molar refractivity (Wildman–Crippen MR) is 127 cm³/mol. The minimum absolute atomic E-state index is 0.0323. The van der Waals surface area contributed by atoms with Gasteiger partial charge in [-0.3, -0.25) is 14.3 Å². The molecule has 2 amide bonds. The summed E-state index contributed by atoms with van der Waals surface area (Å²) in [6, 6.07) is 7.79. The molecule has 0 radical (unpaired) electrons. The number of ether oxygens (including phenoxy) is 1. The van der Waals surface area contributed by atoms with Crippen LogP contribution in [0.3, 0.4) is 0 Å². The molecule has 3 aromatic rings. The lowest BCUT2D eigenvalue weighted by Gasteiger charge is -2.31. The van der Waals surface area contributed by atoms with Crippen LogP contribution in [-0.4, -0.2) is 57.2 Å². The molecule has 0 aliphatic carbocycles. The maximum absolute atomic E-state index is 13.0. The highest BCUT2D eigenvalue weighted by molar-refractivity contribution is 7.13. The smallest absolute Gasteiger partial charge is 0.273 e. The highest BCUT2D eigenvalue weighted by atomic mass is 32.1. The van der Waals surface area contributed by atoms with Gasteiger partial charge in [-0.15, -0.1) is 11.3 Å². The Labute approximate surface area is 197 Å². The SMILES string of the molecule is CC(C)Oc1ccc(-c2nc(C(=O)N3CCC(CNC(=O)c4cnn(C)c4)CC3)cs2)cc1. The third kappa shape index (κ3) is 5.78. The van der Waals surface area contributed by atoms with Gasteiger partial charge < -0.3 is 15.0 Å². The number of amides is 2. The second-order valence-corrected chi connectivity index (χ2v) is 9.44. The van der Waals surface area contributed by atoms with Crippen LogP contribution in [0.5, 0.6) is 5.75 Å². The van der Waals surface area contributed by atoms with E-state index in [1.54, 1.807) is 24.1 Å². The van der Waals surface area contributed by atoms with Crippen molar-refractivity contribution in [2.75, 3.05) is 19.6 Å². The summed E-state index contributed by atoms with van der Waals surface area (Å²) in [7, 11) is 1.79. The van der Waals surface area contributed by atoms with Crippen LogP contribution < -0.4 is 10.1 Å². The molecule has 4 rings (SSSR count). The number of nitrogens with zero attached hydrogens (tertiary/aromatic N) is 4. The third-order valence-electron chi connectivity index (χ3n) is 5.62. The van der Waals surface area contributed by atoms with Crippen molar-refractivity contribution in [1.29, 1.82) is 0 Å². The molecule has 1 saturated heterocycles.